The van der Waals surface area contributed by atoms with E-state index in [9.17, 15) is 9.90 Å². The molecular formula is C16H24Cl2O3. The first kappa shape index (κ1) is 17.1. The van der Waals surface area contributed by atoms with Crippen molar-refractivity contribution in [3.05, 3.63) is 11.6 Å². The third kappa shape index (κ3) is 4.37. The molecule has 1 N–H and O–H groups in total. The molecule has 0 spiro atoms. The molecule has 5 heteroatoms. The van der Waals surface area contributed by atoms with Crippen molar-refractivity contribution >= 4 is 29.2 Å². The summed E-state index contributed by atoms with van der Waals surface area (Å²) in [6, 6.07) is 0. The zero-order chi connectivity index (χ0) is 15.4. The van der Waals surface area contributed by atoms with E-state index in [1.165, 1.54) is 19.3 Å². The smallest absolute Gasteiger partial charge is 0.331 e. The molecule has 2 unspecified atom stereocenters. The summed E-state index contributed by atoms with van der Waals surface area (Å²) in [7, 11) is 1.60. The Morgan fingerprint density at radius 2 is 1.71 bits per heavy atom. The summed E-state index contributed by atoms with van der Waals surface area (Å²) < 4.78 is 5.32. The molecule has 2 aliphatic rings. The lowest BCUT2D eigenvalue weighted by atomic mass is 9.79. The van der Waals surface area contributed by atoms with Gasteiger partial charge < -0.3 is 9.84 Å². The van der Waals surface area contributed by atoms with Gasteiger partial charge in [0.05, 0.1) is 16.9 Å². The first-order valence-electron chi connectivity index (χ1n) is 7.78. The van der Waals surface area contributed by atoms with Crippen molar-refractivity contribution in [3.63, 3.8) is 0 Å². The standard InChI is InChI=1S/C16H24Cl2O3/c1-21-15-13(17)8-11(9-14(15)18)12(16(19)20)7-10-5-3-2-4-6-10/h7,10-11,13-15H,2-6,8-9H2,1H3,(H,19,20)/b12-7-. The quantitative estimate of drug-likeness (QED) is 0.618. The van der Waals surface area contributed by atoms with Crippen LogP contribution in [-0.2, 0) is 9.53 Å². The molecule has 0 aliphatic heterocycles. The van der Waals surface area contributed by atoms with Crippen molar-refractivity contribution in [1.29, 1.82) is 0 Å². The number of carbonyl (C=O) groups is 1. The van der Waals surface area contributed by atoms with Gasteiger partial charge in [0, 0.05) is 12.7 Å². The minimum Gasteiger partial charge on any atom is -0.478 e. The molecule has 21 heavy (non-hydrogen) atoms. The van der Waals surface area contributed by atoms with E-state index in [4.69, 9.17) is 27.9 Å². The molecule has 2 fully saturated rings. The molecule has 2 saturated carbocycles. The third-order valence-electron chi connectivity index (χ3n) is 4.76. The van der Waals surface area contributed by atoms with Crippen LogP contribution in [0.2, 0.25) is 0 Å². The van der Waals surface area contributed by atoms with Crippen molar-refractivity contribution in [2.75, 3.05) is 7.11 Å². The molecule has 0 bridgehead atoms. The molecule has 0 saturated heterocycles. The zero-order valence-electron chi connectivity index (χ0n) is 12.4. The average Bonchev–Trinajstić information content (AvgIpc) is 2.45. The van der Waals surface area contributed by atoms with Gasteiger partial charge in [0.2, 0.25) is 0 Å². The van der Waals surface area contributed by atoms with Gasteiger partial charge in [-0.1, -0.05) is 25.3 Å². The van der Waals surface area contributed by atoms with Crippen LogP contribution in [0.15, 0.2) is 11.6 Å². The highest BCUT2D eigenvalue weighted by atomic mass is 35.5. The molecule has 0 heterocycles. The first-order chi connectivity index (χ1) is 10.0. The second-order valence-corrected chi connectivity index (χ2v) is 7.35. The number of ether oxygens (including phenoxy) is 1. The highest BCUT2D eigenvalue weighted by Crippen LogP contribution is 2.38. The van der Waals surface area contributed by atoms with Gasteiger partial charge >= 0.3 is 5.97 Å². The lowest BCUT2D eigenvalue weighted by molar-refractivity contribution is -0.133. The van der Waals surface area contributed by atoms with E-state index in [2.05, 4.69) is 0 Å². The van der Waals surface area contributed by atoms with Crippen LogP contribution in [-0.4, -0.2) is 35.0 Å². The number of carboxylic acid groups (broad SMARTS) is 1. The summed E-state index contributed by atoms with van der Waals surface area (Å²) in [5.74, 6) is -0.498. The second-order valence-electron chi connectivity index (χ2n) is 6.23. The van der Waals surface area contributed by atoms with Gasteiger partial charge in [0.15, 0.2) is 0 Å². The topological polar surface area (TPSA) is 46.5 Å². The number of rotatable bonds is 4. The number of halogens is 2. The second kappa shape index (κ2) is 7.85. The molecule has 3 nitrogen and oxygen atoms in total. The zero-order valence-corrected chi connectivity index (χ0v) is 13.9. The fourth-order valence-corrected chi connectivity index (χ4v) is 4.68. The highest BCUT2D eigenvalue weighted by molar-refractivity contribution is 6.24. The fourth-order valence-electron chi connectivity index (χ4n) is 3.62. The summed E-state index contributed by atoms with van der Waals surface area (Å²) in [5.41, 5.74) is 0.507. The Morgan fingerprint density at radius 3 is 2.19 bits per heavy atom. The Kier molecular flexibility index (Phi) is 6.39. The Labute approximate surface area is 136 Å². The minimum atomic E-state index is -0.825. The Bertz CT molecular complexity index is 379. The van der Waals surface area contributed by atoms with Crippen molar-refractivity contribution in [2.45, 2.75) is 61.8 Å². The van der Waals surface area contributed by atoms with Gasteiger partial charge in [0.1, 0.15) is 0 Å². The molecule has 2 aliphatic carbocycles. The van der Waals surface area contributed by atoms with Crippen molar-refractivity contribution < 1.29 is 14.6 Å². The van der Waals surface area contributed by atoms with Crippen LogP contribution in [0.1, 0.15) is 44.9 Å². The molecule has 0 aromatic rings. The molecule has 0 radical (unpaired) electrons. The van der Waals surface area contributed by atoms with Gasteiger partial charge in [-0.05, 0) is 37.5 Å². The molecule has 0 aromatic heterocycles. The molecule has 2 rings (SSSR count). The Balaban J connectivity index is 2.11. The van der Waals surface area contributed by atoms with Crippen LogP contribution in [0.4, 0.5) is 0 Å². The summed E-state index contributed by atoms with van der Waals surface area (Å²) in [6.07, 6.45) is 8.86. The number of hydrogen-bond acceptors (Lipinski definition) is 2. The van der Waals surface area contributed by atoms with Crippen molar-refractivity contribution in [3.8, 4) is 0 Å². The van der Waals surface area contributed by atoms with Crippen molar-refractivity contribution in [2.24, 2.45) is 11.8 Å². The average molecular weight is 335 g/mol. The van der Waals surface area contributed by atoms with Gasteiger partial charge in [0.25, 0.3) is 0 Å². The SMILES string of the molecule is COC1C(Cl)CC(/C(=C/C2CCCCC2)C(=O)O)CC1Cl. The van der Waals surface area contributed by atoms with E-state index in [1.807, 2.05) is 6.08 Å². The number of alkyl halides is 2. The molecule has 120 valence electrons. The van der Waals surface area contributed by atoms with Gasteiger partial charge in [-0.2, -0.15) is 0 Å². The monoisotopic (exact) mass is 334 g/mol. The van der Waals surface area contributed by atoms with Crippen LogP contribution in [0, 0.1) is 11.8 Å². The maximum Gasteiger partial charge on any atom is 0.331 e. The summed E-state index contributed by atoms with van der Waals surface area (Å²) in [6.45, 7) is 0. The number of methoxy groups -OCH3 is 1. The minimum absolute atomic E-state index is 0.0687. The predicted octanol–water partition coefficient (Wildman–Crippen LogP) is 4.22. The van der Waals surface area contributed by atoms with Crippen molar-refractivity contribution in [1.82, 2.24) is 0 Å². The summed E-state index contributed by atoms with van der Waals surface area (Å²) >= 11 is 12.7. The highest BCUT2D eigenvalue weighted by Gasteiger charge is 2.39. The van der Waals surface area contributed by atoms with E-state index in [-0.39, 0.29) is 22.8 Å². The predicted molar refractivity (Wildman–Crippen MR) is 85.1 cm³/mol. The maximum atomic E-state index is 11.7. The van der Waals surface area contributed by atoms with Crippen LogP contribution in [0.25, 0.3) is 0 Å². The number of aliphatic carboxylic acids is 1. The summed E-state index contributed by atoms with van der Waals surface area (Å²) in [5, 5.41) is 9.10. The largest absolute Gasteiger partial charge is 0.478 e. The first-order valence-corrected chi connectivity index (χ1v) is 8.66. The van der Waals surface area contributed by atoms with Gasteiger partial charge in [-0.15, -0.1) is 23.2 Å². The Morgan fingerprint density at radius 1 is 1.14 bits per heavy atom. The van der Waals surface area contributed by atoms with Crippen LogP contribution >= 0.6 is 23.2 Å². The van der Waals surface area contributed by atoms with Crippen LogP contribution < -0.4 is 0 Å². The lowest BCUT2D eigenvalue weighted by Crippen LogP contribution is -2.41. The normalized spacial score (nSPS) is 35.7. The molecule has 0 amide bonds. The van der Waals surface area contributed by atoms with E-state index < -0.39 is 5.97 Å². The van der Waals surface area contributed by atoms with Gasteiger partial charge in [-0.25, -0.2) is 4.79 Å². The third-order valence-corrected chi connectivity index (χ3v) is 5.61. The molecule has 0 aromatic carbocycles. The summed E-state index contributed by atoms with van der Waals surface area (Å²) in [4.78, 5) is 11.7. The fraction of sp³-hybridized carbons (Fsp3) is 0.812. The van der Waals surface area contributed by atoms with Crippen LogP contribution in [0.5, 0.6) is 0 Å². The van der Waals surface area contributed by atoms with E-state index in [0.717, 1.165) is 12.8 Å². The number of allylic oxidation sites excluding steroid dienone is 1. The maximum absolute atomic E-state index is 11.7. The molecular weight excluding hydrogens is 311 g/mol. The van der Waals surface area contributed by atoms with E-state index >= 15 is 0 Å². The number of carboxylic acids is 1. The number of hydrogen-bond donors (Lipinski definition) is 1. The van der Waals surface area contributed by atoms with E-state index in [0.29, 0.717) is 24.3 Å². The molecule has 2 atom stereocenters. The van der Waals surface area contributed by atoms with E-state index in [1.54, 1.807) is 7.11 Å². The van der Waals surface area contributed by atoms with Crippen LogP contribution in [0.3, 0.4) is 0 Å². The lowest BCUT2D eigenvalue weighted by Gasteiger charge is -2.36. The Hall–Kier alpha value is -0.250. The van der Waals surface area contributed by atoms with Gasteiger partial charge in [-0.3, -0.25) is 0 Å².